The number of amides is 2. The first-order chi connectivity index (χ1) is 18.4. The number of carbonyl (C=O) groups excluding carboxylic acids is 2. The van der Waals surface area contributed by atoms with Crippen LogP contribution in [0.15, 0.2) is 30.3 Å². The van der Waals surface area contributed by atoms with Gasteiger partial charge in [0.05, 0.1) is 17.3 Å². The van der Waals surface area contributed by atoms with Crippen molar-refractivity contribution >= 4 is 23.3 Å². The number of benzene rings is 1. The minimum atomic E-state index is -0.675. The van der Waals surface area contributed by atoms with Crippen LogP contribution in [-0.2, 0) is 4.79 Å². The average molecular weight is 523 g/mol. The predicted molar refractivity (Wildman–Crippen MR) is 142 cm³/mol. The van der Waals surface area contributed by atoms with Crippen molar-refractivity contribution in [1.82, 2.24) is 19.5 Å². The summed E-state index contributed by atoms with van der Waals surface area (Å²) in [5.41, 5.74) is 7.93. The van der Waals surface area contributed by atoms with Crippen molar-refractivity contribution in [3.8, 4) is 5.75 Å². The molecule has 1 saturated heterocycles. The van der Waals surface area contributed by atoms with Crippen LogP contribution in [0, 0.1) is 5.82 Å². The third-order valence-corrected chi connectivity index (χ3v) is 7.29. The normalized spacial score (nSPS) is 17.6. The largest absolute Gasteiger partial charge is 0.483 e. The van der Waals surface area contributed by atoms with Crippen LogP contribution in [0.4, 0.5) is 10.2 Å². The molecule has 1 aliphatic heterocycles. The van der Waals surface area contributed by atoms with Crippen molar-refractivity contribution in [2.45, 2.75) is 64.3 Å². The number of hydrogen-bond acceptors (Lipinski definition) is 6. The molecule has 1 aromatic carbocycles. The van der Waals surface area contributed by atoms with Gasteiger partial charge >= 0.3 is 0 Å². The number of fused-ring (bicyclic) bond motifs is 1. The summed E-state index contributed by atoms with van der Waals surface area (Å²) >= 11 is 0. The average Bonchev–Trinajstić information content (AvgIpc) is 3.68. The summed E-state index contributed by atoms with van der Waals surface area (Å²) < 4.78 is 21.6. The summed E-state index contributed by atoms with van der Waals surface area (Å²) in [5, 5.41) is 4.99. The molecule has 38 heavy (non-hydrogen) atoms. The highest BCUT2D eigenvalue weighted by Crippen LogP contribution is 2.41. The van der Waals surface area contributed by atoms with Gasteiger partial charge in [-0.1, -0.05) is 6.92 Å². The molecule has 2 fully saturated rings. The number of aromatic nitrogens is 3. The SMILES string of the molecule is CCCN(CC)c1cc(C2CC2)nc2cc(C3CCCCN3C(=O)c3cc(F)ccc3OCC(N)=O)nn12. The Labute approximate surface area is 221 Å². The van der Waals surface area contributed by atoms with E-state index >= 15 is 0 Å². The summed E-state index contributed by atoms with van der Waals surface area (Å²) in [6, 6.07) is 7.57. The zero-order chi connectivity index (χ0) is 26.8. The van der Waals surface area contributed by atoms with Gasteiger partial charge in [0.15, 0.2) is 12.3 Å². The van der Waals surface area contributed by atoms with Crippen molar-refractivity contribution in [3.05, 3.63) is 53.1 Å². The smallest absolute Gasteiger partial charge is 0.258 e. The van der Waals surface area contributed by atoms with Crippen LogP contribution < -0.4 is 15.4 Å². The first-order valence-electron chi connectivity index (χ1n) is 13.6. The second kappa shape index (κ2) is 11.0. The fourth-order valence-corrected chi connectivity index (χ4v) is 5.26. The molecule has 3 heterocycles. The Morgan fingerprint density at radius 3 is 2.66 bits per heavy atom. The van der Waals surface area contributed by atoms with Crippen LogP contribution in [0.3, 0.4) is 0 Å². The van der Waals surface area contributed by atoms with E-state index in [9.17, 15) is 14.0 Å². The van der Waals surface area contributed by atoms with Crippen molar-refractivity contribution in [3.63, 3.8) is 0 Å². The monoisotopic (exact) mass is 522 g/mol. The van der Waals surface area contributed by atoms with Gasteiger partial charge in [-0.05, 0) is 63.6 Å². The number of ether oxygens (including phenoxy) is 1. The number of likely N-dealkylation sites (tertiary alicyclic amines) is 1. The third kappa shape index (κ3) is 5.30. The Kier molecular flexibility index (Phi) is 7.49. The van der Waals surface area contributed by atoms with Crippen molar-refractivity contribution < 1.29 is 18.7 Å². The maximum atomic E-state index is 14.2. The van der Waals surface area contributed by atoms with Gasteiger partial charge in [0.2, 0.25) is 0 Å². The van der Waals surface area contributed by atoms with E-state index in [1.807, 2.05) is 10.6 Å². The van der Waals surface area contributed by atoms with Gasteiger partial charge in [-0.15, -0.1) is 0 Å². The van der Waals surface area contributed by atoms with E-state index in [1.165, 1.54) is 12.1 Å². The van der Waals surface area contributed by atoms with Crippen LogP contribution >= 0.6 is 0 Å². The van der Waals surface area contributed by atoms with E-state index in [0.29, 0.717) is 12.5 Å². The second-order valence-corrected chi connectivity index (χ2v) is 10.1. The number of halogens is 1. The number of anilines is 1. The fourth-order valence-electron chi connectivity index (χ4n) is 5.26. The molecule has 10 heteroatoms. The quantitative estimate of drug-likeness (QED) is 0.428. The van der Waals surface area contributed by atoms with Gasteiger partial charge in [0, 0.05) is 43.4 Å². The van der Waals surface area contributed by atoms with Crippen LogP contribution in [-0.4, -0.2) is 57.6 Å². The minimum Gasteiger partial charge on any atom is -0.483 e. The summed E-state index contributed by atoms with van der Waals surface area (Å²) in [7, 11) is 0. The number of carbonyl (C=O) groups is 2. The maximum Gasteiger partial charge on any atom is 0.258 e. The first kappa shape index (κ1) is 25.9. The van der Waals surface area contributed by atoms with E-state index in [0.717, 1.165) is 80.5 Å². The van der Waals surface area contributed by atoms with Gasteiger partial charge in [-0.3, -0.25) is 9.59 Å². The van der Waals surface area contributed by atoms with Gasteiger partial charge in [0.25, 0.3) is 11.8 Å². The Hall–Kier alpha value is -3.69. The lowest BCUT2D eigenvalue weighted by molar-refractivity contribution is -0.119. The number of hydrogen-bond donors (Lipinski definition) is 1. The number of primary amides is 1. The van der Waals surface area contributed by atoms with Crippen LogP contribution in [0.2, 0.25) is 0 Å². The van der Waals surface area contributed by atoms with E-state index in [1.54, 1.807) is 4.90 Å². The highest BCUT2D eigenvalue weighted by atomic mass is 19.1. The van der Waals surface area contributed by atoms with Crippen LogP contribution in [0.25, 0.3) is 5.65 Å². The number of rotatable bonds is 10. The molecule has 0 bridgehead atoms. The van der Waals surface area contributed by atoms with Crippen LogP contribution in [0.5, 0.6) is 5.75 Å². The Morgan fingerprint density at radius 2 is 1.95 bits per heavy atom. The predicted octanol–water partition coefficient (Wildman–Crippen LogP) is 4.21. The van der Waals surface area contributed by atoms with Gasteiger partial charge in [-0.25, -0.2) is 9.37 Å². The van der Waals surface area contributed by atoms with E-state index < -0.39 is 18.3 Å². The summed E-state index contributed by atoms with van der Waals surface area (Å²) in [6.45, 7) is 6.18. The number of nitrogens with two attached hydrogens (primary N) is 1. The van der Waals surface area contributed by atoms with Crippen LogP contribution in [0.1, 0.15) is 86.1 Å². The fraction of sp³-hybridized carbons (Fsp3) is 0.500. The Morgan fingerprint density at radius 1 is 1.13 bits per heavy atom. The first-order valence-corrected chi connectivity index (χ1v) is 13.6. The molecule has 0 spiro atoms. The molecule has 9 nitrogen and oxygen atoms in total. The molecule has 5 rings (SSSR count). The van der Waals surface area contributed by atoms with E-state index in [4.69, 9.17) is 20.6 Å². The highest BCUT2D eigenvalue weighted by Gasteiger charge is 2.33. The second-order valence-electron chi connectivity index (χ2n) is 10.1. The zero-order valence-electron chi connectivity index (χ0n) is 22.0. The van der Waals surface area contributed by atoms with Gasteiger partial charge in [0.1, 0.15) is 17.4 Å². The lowest BCUT2D eigenvalue weighted by atomic mass is 9.98. The topological polar surface area (TPSA) is 106 Å². The van der Waals surface area contributed by atoms with Crippen molar-refractivity contribution in [1.29, 1.82) is 0 Å². The summed E-state index contributed by atoms with van der Waals surface area (Å²) in [5.74, 6) is 0.0549. The standard InChI is InChI=1S/C28H35FN6O3/c1-3-12-33(4-2)27-16-21(18-8-9-18)31-26-15-22(32-35(26)27)23-7-5-6-13-34(23)28(37)20-14-19(29)10-11-24(20)38-17-25(30)36/h10-11,14-16,18,23H,3-9,12-13,17H2,1-2H3,(H2,30,36). The van der Waals surface area contributed by atoms with Crippen molar-refractivity contribution in [2.75, 3.05) is 31.1 Å². The van der Waals surface area contributed by atoms with E-state index in [2.05, 4.69) is 24.8 Å². The molecule has 1 saturated carbocycles. The lowest BCUT2D eigenvalue weighted by Gasteiger charge is -2.35. The molecule has 2 N–H and O–H groups in total. The molecule has 3 aromatic rings. The molecular formula is C28H35FN6O3. The lowest BCUT2D eigenvalue weighted by Crippen LogP contribution is -2.39. The van der Waals surface area contributed by atoms with Gasteiger partial charge < -0.3 is 20.3 Å². The number of piperidine rings is 1. The van der Waals surface area contributed by atoms with Crippen molar-refractivity contribution in [2.24, 2.45) is 5.73 Å². The highest BCUT2D eigenvalue weighted by molar-refractivity contribution is 5.97. The third-order valence-electron chi connectivity index (χ3n) is 7.29. The summed E-state index contributed by atoms with van der Waals surface area (Å²) in [6.07, 6.45) is 5.84. The molecule has 2 amide bonds. The molecule has 0 radical (unpaired) electrons. The molecule has 1 atom stereocenters. The maximum absolute atomic E-state index is 14.2. The molecule has 2 aliphatic rings. The molecule has 1 unspecified atom stereocenters. The zero-order valence-corrected chi connectivity index (χ0v) is 22.0. The Bertz CT molecular complexity index is 1340. The van der Waals surface area contributed by atoms with Gasteiger partial charge in [-0.2, -0.15) is 9.61 Å². The molecule has 202 valence electrons. The minimum absolute atomic E-state index is 0.0665. The molecular weight excluding hydrogens is 487 g/mol. The number of nitrogens with zero attached hydrogens (tertiary/aromatic N) is 5. The molecule has 1 aliphatic carbocycles. The summed E-state index contributed by atoms with van der Waals surface area (Å²) in [4.78, 5) is 34.0. The molecule has 2 aromatic heterocycles. The Balaban J connectivity index is 1.52. The van der Waals surface area contributed by atoms with E-state index in [-0.39, 0.29) is 23.3 Å².